The molecule has 1 amide bonds. The molecule has 0 radical (unpaired) electrons. The van der Waals surface area contributed by atoms with E-state index in [9.17, 15) is 13.2 Å². The van der Waals surface area contributed by atoms with Crippen molar-refractivity contribution in [2.45, 2.75) is 45.9 Å². The number of hydrogen-bond acceptors (Lipinski definition) is 3. The Balaban J connectivity index is 2.70. The van der Waals surface area contributed by atoms with Gasteiger partial charge in [0.05, 0.1) is 10.6 Å². The fraction of sp³-hybridized carbons (Fsp3) is 0.350. The summed E-state index contributed by atoms with van der Waals surface area (Å²) in [5, 5.41) is 0. The Labute approximate surface area is 155 Å². The molecule has 6 heteroatoms. The summed E-state index contributed by atoms with van der Waals surface area (Å²) in [5.41, 5.74) is 10.3. The largest absolute Gasteiger partial charge is 0.370 e. The predicted molar refractivity (Wildman–Crippen MR) is 105 cm³/mol. The molecule has 0 aliphatic heterocycles. The Bertz CT molecular complexity index is 906. The number of benzene rings is 2. The first-order valence-corrected chi connectivity index (χ1v) is 9.96. The Morgan fingerprint density at radius 3 is 1.81 bits per heavy atom. The van der Waals surface area contributed by atoms with Crippen LogP contribution in [0.25, 0.3) is 0 Å². The summed E-state index contributed by atoms with van der Waals surface area (Å²) >= 11 is 0. The molecule has 0 aliphatic carbocycles. The van der Waals surface area contributed by atoms with Crippen molar-refractivity contribution in [2.75, 3.05) is 10.8 Å². The number of amides is 1. The van der Waals surface area contributed by atoms with Crippen LogP contribution in [0.2, 0.25) is 0 Å². The normalized spacial score (nSPS) is 11.4. The third-order valence-corrected chi connectivity index (χ3v) is 7.19. The fourth-order valence-electron chi connectivity index (χ4n) is 3.16. The number of carbonyl (C=O) groups is 1. The average molecular weight is 375 g/mol. The SMILES string of the molecule is Cc1c(C)c(C)c(S(=O)(=O)N(CCC(N)=O)c2ccccc2)c(C)c1C. The van der Waals surface area contributed by atoms with Crippen molar-refractivity contribution in [2.24, 2.45) is 5.73 Å². The molecular formula is C20H26N2O3S. The van der Waals surface area contributed by atoms with Crippen LogP contribution in [0.5, 0.6) is 0 Å². The highest BCUT2D eigenvalue weighted by molar-refractivity contribution is 7.93. The number of primary amides is 1. The van der Waals surface area contributed by atoms with E-state index in [1.807, 2.05) is 40.7 Å². The fourth-order valence-corrected chi connectivity index (χ4v) is 5.19. The molecule has 2 aromatic rings. The molecule has 0 bridgehead atoms. The van der Waals surface area contributed by atoms with Gasteiger partial charge in [0.1, 0.15) is 0 Å². The van der Waals surface area contributed by atoms with Crippen LogP contribution in [0.4, 0.5) is 5.69 Å². The van der Waals surface area contributed by atoms with E-state index in [0.717, 1.165) is 27.8 Å². The van der Waals surface area contributed by atoms with Gasteiger partial charge in [-0.1, -0.05) is 18.2 Å². The third kappa shape index (κ3) is 3.60. The molecule has 5 nitrogen and oxygen atoms in total. The van der Waals surface area contributed by atoms with Crippen LogP contribution in [-0.4, -0.2) is 20.9 Å². The van der Waals surface area contributed by atoms with Crippen LogP contribution >= 0.6 is 0 Å². The van der Waals surface area contributed by atoms with Crippen molar-refractivity contribution in [1.82, 2.24) is 0 Å². The molecule has 0 saturated carbocycles. The van der Waals surface area contributed by atoms with Crippen molar-refractivity contribution in [3.63, 3.8) is 0 Å². The maximum Gasteiger partial charge on any atom is 0.264 e. The predicted octanol–water partition coefficient (Wildman–Crippen LogP) is 3.30. The lowest BCUT2D eigenvalue weighted by Gasteiger charge is -2.27. The zero-order valence-corrected chi connectivity index (χ0v) is 16.8. The summed E-state index contributed by atoms with van der Waals surface area (Å²) in [7, 11) is -3.85. The number of rotatable bonds is 6. The molecule has 2 rings (SSSR count). The Morgan fingerprint density at radius 2 is 1.35 bits per heavy atom. The molecule has 2 N–H and O–H groups in total. The van der Waals surface area contributed by atoms with E-state index < -0.39 is 15.9 Å². The molecule has 2 aromatic carbocycles. The summed E-state index contributed by atoms with van der Waals surface area (Å²) < 4.78 is 28.4. The molecule has 0 aromatic heterocycles. The third-order valence-electron chi connectivity index (χ3n) is 5.08. The minimum Gasteiger partial charge on any atom is -0.370 e. The molecule has 0 fully saturated rings. The van der Waals surface area contributed by atoms with E-state index in [-0.39, 0.29) is 13.0 Å². The van der Waals surface area contributed by atoms with Gasteiger partial charge >= 0.3 is 0 Å². The van der Waals surface area contributed by atoms with Gasteiger partial charge in [0.15, 0.2) is 0 Å². The minimum absolute atomic E-state index is 0.00648. The second-order valence-electron chi connectivity index (χ2n) is 6.58. The summed E-state index contributed by atoms with van der Waals surface area (Å²) in [4.78, 5) is 11.6. The van der Waals surface area contributed by atoms with E-state index in [1.165, 1.54) is 4.31 Å². The lowest BCUT2D eigenvalue weighted by atomic mass is 9.95. The van der Waals surface area contributed by atoms with E-state index in [2.05, 4.69) is 0 Å². The smallest absolute Gasteiger partial charge is 0.264 e. The van der Waals surface area contributed by atoms with Gasteiger partial charge in [-0.05, 0) is 74.6 Å². The number of nitrogens with two attached hydrogens (primary N) is 1. The van der Waals surface area contributed by atoms with E-state index >= 15 is 0 Å². The van der Waals surface area contributed by atoms with Crippen LogP contribution < -0.4 is 10.0 Å². The van der Waals surface area contributed by atoms with E-state index in [1.54, 1.807) is 24.3 Å². The summed E-state index contributed by atoms with van der Waals surface area (Å²) in [5.74, 6) is -0.536. The van der Waals surface area contributed by atoms with E-state index in [4.69, 9.17) is 5.73 Å². The molecule has 0 spiro atoms. The first-order chi connectivity index (χ1) is 12.1. The Kier molecular flexibility index (Phi) is 5.76. The quantitative estimate of drug-likeness (QED) is 0.842. The number of para-hydroxylation sites is 1. The van der Waals surface area contributed by atoms with Crippen molar-refractivity contribution < 1.29 is 13.2 Å². The molecule has 140 valence electrons. The van der Waals surface area contributed by atoms with Crippen LogP contribution in [0.1, 0.15) is 34.2 Å². The van der Waals surface area contributed by atoms with Gasteiger partial charge < -0.3 is 5.73 Å². The van der Waals surface area contributed by atoms with Gasteiger partial charge in [0.2, 0.25) is 5.91 Å². The van der Waals surface area contributed by atoms with Crippen LogP contribution in [0, 0.1) is 34.6 Å². The Morgan fingerprint density at radius 1 is 0.885 bits per heavy atom. The topological polar surface area (TPSA) is 80.5 Å². The minimum atomic E-state index is -3.85. The van der Waals surface area contributed by atoms with Gasteiger partial charge in [0, 0.05) is 13.0 Å². The van der Waals surface area contributed by atoms with Crippen LogP contribution in [0.3, 0.4) is 0 Å². The van der Waals surface area contributed by atoms with Gasteiger partial charge in [-0.25, -0.2) is 8.42 Å². The maximum absolute atomic E-state index is 13.6. The first-order valence-electron chi connectivity index (χ1n) is 8.52. The second kappa shape index (κ2) is 7.50. The standard InChI is InChI=1S/C20H26N2O3S/c1-13-14(2)16(4)20(17(5)15(13)3)26(24,25)22(12-11-19(21)23)18-9-7-6-8-10-18/h6-10H,11-12H2,1-5H3,(H2,21,23). The van der Waals surface area contributed by atoms with Gasteiger partial charge in [-0.15, -0.1) is 0 Å². The van der Waals surface area contributed by atoms with Crippen LogP contribution in [0.15, 0.2) is 35.2 Å². The number of carbonyl (C=O) groups excluding carboxylic acids is 1. The highest BCUT2D eigenvalue weighted by atomic mass is 32.2. The van der Waals surface area contributed by atoms with Crippen molar-refractivity contribution in [1.29, 1.82) is 0 Å². The van der Waals surface area contributed by atoms with Gasteiger partial charge in [-0.2, -0.15) is 0 Å². The van der Waals surface area contributed by atoms with Gasteiger partial charge in [-0.3, -0.25) is 9.10 Å². The highest BCUT2D eigenvalue weighted by Gasteiger charge is 2.30. The summed E-state index contributed by atoms with van der Waals surface area (Å²) in [6, 6.07) is 8.80. The number of sulfonamides is 1. The number of anilines is 1. The maximum atomic E-state index is 13.6. The zero-order valence-electron chi connectivity index (χ0n) is 16.0. The van der Waals surface area contributed by atoms with Crippen molar-refractivity contribution >= 4 is 21.6 Å². The number of nitrogens with zero attached hydrogens (tertiary/aromatic N) is 1. The summed E-state index contributed by atoms with van der Waals surface area (Å²) in [6.07, 6.45) is -0.0456. The lowest BCUT2D eigenvalue weighted by Crippen LogP contribution is -2.35. The zero-order chi connectivity index (χ0) is 19.6. The molecule has 0 saturated heterocycles. The first kappa shape index (κ1) is 20.0. The Hall–Kier alpha value is -2.34. The van der Waals surface area contributed by atoms with Crippen LogP contribution in [-0.2, 0) is 14.8 Å². The average Bonchev–Trinajstić information content (AvgIpc) is 2.58. The molecule has 26 heavy (non-hydrogen) atoms. The van der Waals surface area contributed by atoms with Gasteiger partial charge in [0.25, 0.3) is 10.0 Å². The molecule has 0 aliphatic rings. The highest BCUT2D eigenvalue weighted by Crippen LogP contribution is 2.33. The van der Waals surface area contributed by atoms with E-state index in [0.29, 0.717) is 10.6 Å². The monoisotopic (exact) mass is 374 g/mol. The molecule has 0 atom stereocenters. The van der Waals surface area contributed by atoms with Crippen molar-refractivity contribution in [3.8, 4) is 0 Å². The lowest BCUT2D eigenvalue weighted by molar-refractivity contribution is -0.117. The number of hydrogen-bond donors (Lipinski definition) is 1. The summed E-state index contributed by atoms with van der Waals surface area (Å²) in [6.45, 7) is 9.55. The second-order valence-corrected chi connectivity index (χ2v) is 8.38. The molecular weight excluding hydrogens is 348 g/mol. The van der Waals surface area contributed by atoms with Crippen molar-refractivity contribution in [3.05, 3.63) is 58.1 Å². The molecule has 0 unspecified atom stereocenters. The molecule has 0 heterocycles.